The number of hydrogen-bond acceptors (Lipinski definition) is 4. The Kier molecular flexibility index (Phi) is 3.46. The molecule has 1 aliphatic heterocycles. The van der Waals surface area contributed by atoms with Crippen LogP contribution >= 0.6 is 11.8 Å². The Morgan fingerprint density at radius 2 is 2.09 bits per heavy atom. The minimum Gasteiger partial charge on any atom is -0.366 e. The van der Waals surface area contributed by atoms with Crippen molar-refractivity contribution in [3.63, 3.8) is 0 Å². The summed E-state index contributed by atoms with van der Waals surface area (Å²) in [6, 6.07) is 10.7. The van der Waals surface area contributed by atoms with Gasteiger partial charge in [0.05, 0.1) is 11.9 Å². The van der Waals surface area contributed by atoms with Crippen molar-refractivity contribution in [1.29, 1.82) is 0 Å². The van der Waals surface area contributed by atoms with Crippen molar-refractivity contribution in [2.45, 2.75) is 12.5 Å². The normalized spacial score (nSPS) is 18.0. The second-order valence-corrected chi connectivity index (χ2v) is 6.49. The highest BCUT2D eigenvalue weighted by molar-refractivity contribution is 7.99. The molecule has 1 aromatic carbocycles. The first-order chi connectivity index (χ1) is 10.8. The maximum absolute atomic E-state index is 13.1. The van der Waals surface area contributed by atoms with E-state index >= 15 is 0 Å². The van der Waals surface area contributed by atoms with Crippen LogP contribution in [-0.2, 0) is 0 Å². The Morgan fingerprint density at radius 1 is 1.23 bits per heavy atom. The maximum Gasteiger partial charge on any atom is 0.157 e. The topological polar surface area (TPSA) is 42.2 Å². The molecule has 2 aromatic heterocycles. The van der Waals surface area contributed by atoms with E-state index in [2.05, 4.69) is 15.4 Å². The molecule has 0 unspecified atom stereocenters. The summed E-state index contributed by atoms with van der Waals surface area (Å²) in [4.78, 5) is 4.60. The molecule has 1 aliphatic rings. The highest BCUT2D eigenvalue weighted by atomic mass is 32.2. The molecule has 4 nitrogen and oxygen atoms in total. The molecule has 0 spiro atoms. The van der Waals surface area contributed by atoms with Crippen LogP contribution in [0.3, 0.4) is 0 Å². The number of anilines is 1. The lowest BCUT2D eigenvalue weighted by Crippen LogP contribution is -2.20. The monoisotopic (exact) mass is 314 g/mol. The van der Waals surface area contributed by atoms with Crippen LogP contribution in [0, 0.1) is 5.82 Å². The number of nitrogens with one attached hydrogen (secondary N) is 1. The zero-order valence-electron chi connectivity index (χ0n) is 11.9. The molecule has 3 aromatic rings. The number of nitrogens with zero attached hydrogens (tertiary/aromatic N) is 3. The summed E-state index contributed by atoms with van der Waals surface area (Å²) in [5, 5.41) is 7.89. The first-order valence-electron chi connectivity index (χ1n) is 7.24. The molecule has 6 heteroatoms. The zero-order chi connectivity index (χ0) is 14.9. The second-order valence-electron chi connectivity index (χ2n) is 5.34. The maximum atomic E-state index is 13.1. The van der Waals surface area contributed by atoms with E-state index in [9.17, 15) is 4.39 Å². The third-order valence-electron chi connectivity index (χ3n) is 3.78. The summed E-state index contributed by atoms with van der Waals surface area (Å²) >= 11 is 1.96. The van der Waals surface area contributed by atoms with Crippen LogP contribution in [0.2, 0.25) is 0 Å². The van der Waals surface area contributed by atoms with Gasteiger partial charge in [-0.3, -0.25) is 0 Å². The summed E-state index contributed by atoms with van der Waals surface area (Å²) < 4.78 is 14.9. The Morgan fingerprint density at radius 3 is 2.86 bits per heavy atom. The van der Waals surface area contributed by atoms with Crippen LogP contribution < -0.4 is 5.32 Å². The van der Waals surface area contributed by atoms with E-state index in [0.29, 0.717) is 6.04 Å². The number of benzene rings is 1. The van der Waals surface area contributed by atoms with Gasteiger partial charge in [0.15, 0.2) is 5.65 Å². The van der Waals surface area contributed by atoms with Crippen molar-refractivity contribution in [1.82, 2.24) is 14.6 Å². The lowest BCUT2D eigenvalue weighted by atomic mass is 10.1. The van der Waals surface area contributed by atoms with Crippen LogP contribution in [0.4, 0.5) is 10.2 Å². The molecule has 0 bridgehead atoms. The fourth-order valence-corrected chi connectivity index (χ4v) is 3.79. The average Bonchev–Trinajstić information content (AvgIpc) is 3.19. The predicted octanol–water partition coefficient (Wildman–Crippen LogP) is 3.45. The van der Waals surface area contributed by atoms with Gasteiger partial charge in [-0.05, 0) is 36.4 Å². The van der Waals surface area contributed by atoms with Gasteiger partial charge < -0.3 is 5.32 Å². The predicted molar refractivity (Wildman–Crippen MR) is 87.7 cm³/mol. The van der Waals surface area contributed by atoms with Crippen LogP contribution in [0.15, 0.2) is 42.6 Å². The fourth-order valence-electron chi connectivity index (χ4n) is 2.64. The second kappa shape index (κ2) is 5.61. The summed E-state index contributed by atoms with van der Waals surface area (Å²) in [6.07, 6.45) is 2.90. The van der Waals surface area contributed by atoms with Crippen LogP contribution in [0.5, 0.6) is 0 Å². The highest BCUT2D eigenvalue weighted by Gasteiger charge is 2.17. The van der Waals surface area contributed by atoms with Gasteiger partial charge in [0, 0.05) is 29.5 Å². The summed E-state index contributed by atoms with van der Waals surface area (Å²) in [5.41, 5.74) is 2.50. The van der Waals surface area contributed by atoms with Crippen molar-refractivity contribution in [2.24, 2.45) is 0 Å². The van der Waals surface area contributed by atoms with Crippen molar-refractivity contribution in [3.05, 3.63) is 48.4 Å². The van der Waals surface area contributed by atoms with Crippen LogP contribution in [0.1, 0.15) is 6.42 Å². The summed E-state index contributed by atoms with van der Waals surface area (Å²) in [5.74, 6) is 2.99. The van der Waals surface area contributed by atoms with Gasteiger partial charge in [-0.25, -0.2) is 9.37 Å². The van der Waals surface area contributed by atoms with E-state index in [1.165, 1.54) is 17.9 Å². The molecule has 1 atom stereocenters. The van der Waals surface area contributed by atoms with Gasteiger partial charge >= 0.3 is 0 Å². The van der Waals surface area contributed by atoms with E-state index in [1.54, 1.807) is 18.3 Å². The molecule has 0 aliphatic carbocycles. The zero-order valence-corrected chi connectivity index (χ0v) is 12.7. The molecule has 4 rings (SSSR count). The van der Waals surface area contributed by atoms with E-state index in [4.69, 9.17) is 0 Å². The standard InChI is InChI=1S/C16H15FN4S/c17-12-3-1-11(2-4-12)14-9-16(19-13-6-8-22-10-13)21-15(20-14)5-7-18-21/h1-5,7,9,13,19H,6,8,10H2/t13-/m1/s1. The van der Waals surface area contributed by atoms with Gasteiger partial charge in [0.25, 0.3) is 0 Å². The Hall–Kier alpha value is -2.08. The van der Waals surface area contributed by atoms with Gasteiger partial charge in [0.2, 0.25) is 0 Å². The van der Waals surface area contributed by atoms with Crippen molar-refractivity contribution >= 4 is 23.2 Å². The number of hydrogen-bond donors (Lipinski definition) is 1. The van der Waals surface area contributed by atoms with Gasteiger partial charge in [0.1, 0.15) is 11.6 Å². The Balaban J connectivity index is 1.77. The first kappa shape index (κ1) is 13.6. The molecule has 1 N–H and O–H groups in total. The molecule has 1 saturated heterocycles. The molecule has 22 heavy (non-hydrogen) atoms. The lowest BCUT2D eigenvalue weighted by molar-refractivity contribution is 0.628. The molecule has 3 heterocycles. The van der Waals surface area contributed by atoms with Crippen molar-refractivity contribution < 1.29 is 4.39 Å². The fraction of sp³-hybridized carbons (Fsp3) is 0.250. The van der Waals surface area contributed by atoms with Gasteiger partial charge in [-0.2, -0.15) is 21.4 Å². The van der Waals surface area contributed by atoms with Gasteiger partial charge in [-0.15, -0.1) is 0 Å². The van der Waals surface area contributed by atoms with Crippen LogP contribution in [-0.4, -0.2) is 32.1 Å². The Labute approximate surface area is 131 Å². The first-order valence-corrected chi connectivity index (χ1v) is 8.40. The van der Waals surface area contributed by atoms with Crippen LogP contribution in [0.25, 0.3) is 16.9 Å². The Bertz CT molecular complexity index is 794. The smallest absolute Gasteiger partial charge is 0.157 e. The largest absolute Gasteiger partial charge is 0.366 e. The highest BCUT2D eigenvalue weighted by Crippen LogP contribution is 2.25. The minimum atomic E-state index is -0.240. The minimum absolute atomic E-state index is 0.240. The van der Waals surface area contributed by atoms with Crippen molar-refractivity contribution in [3.8, 4) is 11.3 Å². The molecule has 1 fully saturated rings. The average molecular weight is 314 g/mol. The lowest BCUT2D eigenvalue weighted by Gasteiger charge is -2.15. The molecule has 0 amide bonds. The van der Waals surface area contributed by atoms with Crippen molar-refractivity contribution in [2.75, 3.05) is 16.8 Å². The third-order valence-corrected chi connectivity index (χ3v) is 4.94. The number of halogens is 1. The SMILES string of the molecule is Fc1ccc(-c2cc(N[C@@H]3CCSC3)n3nccc3n2)cc1. The van der Waals surface area contributed by atoms with E-state index in [1.807, 2.05) is 28.4 Å². The molecule has 0 saturated carbocycles. The summed E-state index contributed by atoms with van der Waals surface area (Å²) in [6.45, 7) is 0. The number of thioether (sulfide) groups is 1. The molecule has 112 valence electrons. The van der Waals surface area contributed by atoms with E-state index < -0.39 is 0 Å². The van der Waals surface area contributed by atoms with E-state index in [0.717, 1.165) is 34.9 Å². The molecular formula is C16H15FN4S. The number of rotatable bonds is 3. The number of fused-ring (bicyclic) bond motifs is 1. The number of aromatic nitrogens is 3. The third kappa shape index (κ3) is 2.54. The van der Waals surface area contributed by atoms with E-state index in [-0.39, 0.29) is 5.82 Å². The quantitative estimate of drug-likeness (QED) is 0.804. The molecule has 0 radical (unpaired) electrons. The van der Waals surface area contributed by atoms with Gasteiger partial charge in [-0.1, -0.05) is 0 Å². The summed E-state index contributed by atoms with van der Waals surface area (Å²) in [7, 11) is 0. The molecular weight excluding hydrogens is 299 g/mol.